The summed E-state index contributed by atoms with van der Waals surface area (Å²) in [5.41, 5.74) is 7.45. The van der Waals surface area contributed by atoms with Crippen molar-refractivity contribution >= 4 is 24.0 Å². The Morgan fingerprint density at radius 2 is 2.15 bits per heavy atom. The zero-order chi connectivity index (χ0) is 14.0. The number of methoxy groups -OCH3 is 1. The van der Waals surface area contributed by atoms with Gasteiger partial charge in [0.15, 0.2) is 0 Å². The quantitative estimate of drug-likeness (QED) is 0.929. The lowest BCUT2D eigenvalue weighted by Crippen LogP contribution is -2.52. The number of nitrogens with two attached hydrogens (primary N) is 1. The van der Waals surface area contributed by atoms with Crippen LogP contribution in [0.2, 0.25) is 5.02 Å². The summed E-state index contributed by atoms with van der Waals surface area (Å²) in [5, 5.41) is 0.800. The Balaban J connectivity index is 0.00000200. The smallest absolute Gasteiger partial charge is 0.119 e. The van der Waals surface area contributed by atoms with E-state index in [0.717, 1.165) is 42.4 Å². The summed E-state index contributed by atoms with van der Waals surface area (Å²) in [4.78, 5) is 2.42. The first-order valence-corrected chi connectivity index (χ1v) is 7.10. The zero-order valence-electron chi connectivity index (χ0n) is 12.4. The largest absolute Gasteiger partial charge is 0.497 e. The highest BCUT2D eigenvalue weighted by atomic mass is 35.5. The molecule has 0 spiro atoms. The van der Waals surface area contributed by atoms with E-state index in [0.29, 0.717) is 0 Å². The van der Waals surface area contributed by atoms with Crippen LogP contribution in [0.25, 0.3) is 0 Å². The molecule has 2 rings (SSSR count). The summed E-state index contributed by atoms with van der Waals surface area (Å²) in [6.07, 6.45) is 1.04. The van der Waals surface area contributed by atoms with Gasteiger partial charge in [0.1, 0.15) is 5.75 Å². The van der Waals surface area contributed by atoms with Crippen LogP contribution in [0.15, 0.2) is 18.2 Å². The van der Waals surface area contributed by atoms with Crippen LogP contribution >= 0.6 is 24.0 Å². The molecule has 3 nitrogen and oxygen atoms in total. The molecule has 1 aromatic carbocycles. The Bertz CT molecular complexity index is 451. The Labute approximate surface area is 132 Å². The van der Waals surface area contributed by atoms with Crippen LogP contribution in [0.5, 0.6) is 5.75 Å². The highest BCUT2D eigenvalue weighted by Gasteiger charge is 2.33. The van der Waals surface area contributed by atoms with Crippen LogP contribution in [0, 0.1) is 5.41 Å². The normalized spacial score (nSPS) is 22.1. The molecule has 0 amide bonds. The van der Waals surface area contributed by atoms with E-state index in [9.17, 15) is 0 Å². The molecule has 2 N–H and O–H groups in total. The van der Waals surface area contributed by atoms with E-state index in [1.807, 2.05) is 18.2 Å². The molecule has 0 aliphatic carbocycles. The van der Waals surface area contributed by atoms with Gasteiger partial charge < -0.3 is 10.5 Å². The van der Waals surface area contributed by atoms with Gasteiger partial charge in [-0.25, -0.2) is 0 Å². The third kappa shape index (κ3) is 4.01. The Morgan fingerprint density at radius 3 is 2.75 bits per heavy atom. The Kier molecular flexibility index (Phi) is 6.14. The maximum absolute atomic E-state index is 6.27. The van der Waals surface area contributed by atoms with Gasteiger partial charge in [-0.1, -0.05) is 25.4 Å². The molecule has 1 aliphatic rings. The number of piperidine rings is 1. The van der Waals surface area contributed by atoms with Gasteiger partial charge in [0, 0.05) is 30.7 Å². The summed E-state index contributed by atoms with van der Waals surface area (Å²) >= 11 is 6.27. The predicted molar refractivity (Wildman–Crippen MR) is 86.9 cm³/mol. The fourth-order valence-electron chi connectivity index (χ4n) is 2.66. The molecule has 1 heterocycles. The lowest BCUT2D eigenvalue weighted by atomic mass is 9.79. The van der Waals surface area contributed by atoms with Gasteiger partial charge in [0.05, 0.1) is 7.11 Å². The maximum Gasteiger partial charge on any atom is 0.119 e. The highest BCUT2D eigenvalue weighted by molar-refractivity contribution is 6.31. The summed E-state index contributed by atoms with van der Waals surface area (Å²) in [5.74, 6) is 0.854. The zero-order valence-corrected chi connectivity index (χ0v) is 13.9. The van der Waals surface area contributed by atoms with Crippen LogP contribution < -0.4 is 10.5 Å². The second-order valence-electron chi connectivity index (χ2n) is 6.05. The van der Waals surface area contributed by atoms with Crippen LogP contribution in [-0.2, 0) is 6.54 Å². The number of nitrogens with zero attached hydrogens (tertiary/aromatic N) is 1. The number of rotatable bonds is 3. The first-order valence-electron chi connectivity index (χ1n) is 6.73. The van der Waals surface area contributed by atoms with Gasteiger partial charge in [-0.2, -0.15) is 0 Å². The summed E-state index contributed by atoms with van der Waals surface area (Å²) in [7, 11) is 1.68. The van der Waals surface area contributed by atoms with Crippen LogP contribution in [0.1, 0.15) is 25.8 Å². The molecule has 114 valence electrons. The van der Waals surface area contributed by atoms with E-state index in [-0.39, 0.29) is 23.9 Å². The van der Waals surface area contributed by atoms with E-state index in [4.69, 9.17) is 22.1 Å². The summed E-state index contributed by atoms with van der Waals surface area (Å²) < 4.78 is 5.26. The van der Waals surface area contributed by atoms with Crippen molar-refractivity contribution in [1.82, 2.24) is 4.90 Å². The number of ether oxygens (including phenoxy) is 1. The van der Waals surface area contributed by atoms with E-state index in [2.05, 4.69) is 18.7 Å². The van der Waals surface area contributed by atoms with Gasteiger partial charge in [-0.3, -0.25) is 4.90 Å². The second kappa shape index (κ2) is 6.99. The molecule has 0 bridgehead atoms. The first-order chi connectivity index (χ1) is 8.92. The molecule has 1 atom stereocenters. The summed E-state index contributed by atoms with van der Waals surface area (Å²) in [6.45, 7) is 7.35. The van der Waals surface area contributed by atoms with Crippen molar-refractivity contribution in [2.45, 2.75) is 32.9 Å². The minimum atomic E-state index is 0. The van der Waals surface area contributed by atoms with Crippen molar-refractivity contribution in [2.24, 2.45) is 11.1 Å². The molecule has 1 saturated heterocycles. The molecule has 1 unspecified atom stereocenters. The topological polar surface area (TPSA) is 38.5 Å². The predicted octanol–water partition coefficient (Wildman–Crippen LogP) is 3.33. The number of benzene rings is 1. The number of hydrogen-bond acceptors (Lipinski definition) is 3. The SMILES string of the molecule is COc1ccc(Cl)c(CN2CCC(N)C(C)(C)C2)c1.Cl. The van der Waals surface area contributed by atoms with Gasteiger partial charge >= 0.3 is 0 Å². The number of likely N-dealkylation sites (tertiary alicyclic amines) is 1. The van der Waals surface area contributed by atoms with Gasteiger partial charge in [0.25, 0.3) is 0 Å². The van der Waals surface area contributed by atoms with Gasteiger partial charge in [0.2, 0.25) is 0 Å². The molecule has 5 heteroatoms. The third-order valence-electron chi connectivity index (χ3n) is 4.04. The molecule has 0 radical (unpaired) electrons. The summed E-state index contributed by atoms with van der Waals surface area (Å²) in [6, 6.07) is 6.09. The highest BCUT2D eigenvalue weighted by Crippen LogP contribution is 2.30. The minimum absolute atomic E-state index is 0. The molecule has 20 heavy (non-hydrogen) atoms. The minimum Gasteiger partial charge on any atom is -0.497 e. The molecule has 1 fully saturated rings. The van der Waals surface area contributed by atoms with Crippen molar-refractivity contribution in [3.8, 4) is 5.75 Å². The van der Waals surface area contributed by atoms with E-state index in [1.54, 1.807) is 7.11 Å². The monoisotopic (exact) mass is 318 g/mol. The van der Waals surface area contributed by atoms with E-state index >= 15 is 0 Å². The standard InChI is InChI=1S/C15H23ClN2O.ClH/c1-15(2)10-18(7-6-14(15)17)9-11-8-12(19-3)4-5-13(11)16;/h4-5,8,14H,6-7,9-10,17H2,1-3H3;1H. The lowest BCUT2D eigenvalue weighted by Gasteiger charge is -2.42. The second-order valence-corrected chi connectivity index (χ2v) is 6.46. The molecular formula is C15H24Cl2N2O. The molecule has 0 saturated carbocycles. The number of halogens is 2. The van der Waals surface area contributed by atoms with E-state index < -0.39 is 0 Å². The van der Waals surface area contributed by atoms with Crippen molar-refractivity contribution in [3.05, 3.63) is 28.8 Å². The molecule has 1 aliphatic heterocycles. The van der Waals surface area contributed by atoms with Crippen molar-refractivity contribution in [1.29, 1.82) is 0 Å². The van der Waals surface area contributed by atoms with Crippen molar-refractivity contribution in [3.63, 3.8) is 0 Å². The van der Waals surface area contributed by atoms with Crippen LogP contribution in [0.3, 0.4) is 0 Å². The number of hydrogen-bond donors (Lipinski definition) is 1. The Hall–Kier alpha value is -0.480. The van der Waals surface area contributed by atoms with E-state index in [1.165, 1.54) is 0 Å². The fourth-order valence-corrected chi connectivity index (χ4v) is 2.84. The average Bonchev–Trinajstić information content (AvgIpc) is 2.36. The third-order valence-corrected chi connectivity index (χ3v) is 4.41. The maximum atomic E-state index is 6.27. The molecule has 0 aromatic heterocycles. The van der Waals surface area contributed by atoms with Crippen LogP contribution in [-0.4, -0.2) is 31.1 Å². The first kappa shape index (κ1) is 17.6. The molecular weight excluding hydrogens is 295 g/mol. The Morgan fingerprint density at radius 1 is 1.45 bits per heavy atom. The average molecular weight is 319 g/mol. The van der Waals surface area contributed by atoms with Crippen LogP contribution in [0.4, 0.5) is 0 Å². The lowest BCUT2D eigenvalue weighted by molar-refractivity contribution is 0.0898. The van der Waals surface area contributed by atoms with Gasteiger partial charge in [-0.15, -0.1) is 12.4 Å². The van der Waals surface area contributed by atoms with Crippen molar-refractivity contribution < 1.29 is 4.74 Å². The fraction of sp³-hybridized carbons (Fsp3) is 0.600. The van der Waals surface area contributed by atoms with Crippen molar-refractivity contribution in [2.75, 3.05) is 20.2 Å². The molecule has 1 aromatic rings. The van der Waals surface area contributed by atoms with Gasteiger partial charge in [-0.05, 0) is 35.6 Å².